The summed E-state index contributed by atoms with van der Waals surface area (Å²) in [6.45, 7) is 1.07. The predicted octanol–water partition coefficient (Wildman–Crippen LogP) is -4.14. The number of nitrogens with one attached hydrogen (secondary N) is 1. The molecule has 23 heavy (non-hydrogen) atoms. The van der Waals surface area contributed by atoms with Crippen LogP contribution in [0, 0.1) is 0 Å². The molecule has 2 aliphatic heterocycles. The Balaban J connectivity index is 2.08. The van der Waals surface area contributed by atoms with Crippen LogP contribution in [-0.2, 0) is 14.2 Å². The first kappa shape index (κ1) is 18.9. The van der Waals surface area contributed by atoms with Gasteiger partial charge in [0, 0.05) is 7.11 Å². The van der Waals surface area contributed by atoms with Crippen LogP contribution in [-0.4, -0.2) is 106 Å². The minimum Gasteiger partial charge on any atom is -0.394 e. The zero-order valence-corrected chi connectivity index (χ0v) is 12.9. The lowest BCUT2D eigenvalue weighted by atomic mass is 9.94. The Morgan fingerprint density at radius 3 is 2.13 bits per heavy atom. The van der Waals surface area contributed by atoms with Gasteiger partial charge in [-0.1, -0.05) is 0 Å². The molecule has 0 unspecified atom stereocenters. The molecule has 0 aromatic carbocycles. The SMILES string of the molecule is CO[C@H]1O[C@H](C)[C@@H](N[C@H]2O[C@H](CO)[C@@H](O)[C@H](O)[C@H]2O)[C@H](O)[C@H]1O. The fourth-order valence-corrected chi connectivity index (χ4v) is 2.89. The molecule has 0 bridgehead atoms. The highest BCUT2D eigenvalue weighted by Gasteiger charge is 2.48. The molecule has 0 radical (unpaired) electrons. The summed E-state index contributed by atoms with van der Waals surface area (Å²) >= 11 is 0. The van der Waals surface area contributed by atoms with Crippen molar-refractivity contribution in [1.82, 2.24) is 5.32 Å². The maximum absolute atomic E-state index is 10.2. The monoisotopic (exact) mass is 339 g/mol. The van der Waals surface area contributed by atoms with Gasteiger partial charge in [-0.3, -0.25) is 5.32 Å². The molecular formula is C13H25NO9. The summed E-state index contributed by atoms with van der Waals surface area (Å²) in [5.41, 5.74) is 0. The molecule has 2 fully saturated rings. The van der Waals surface area contributed by atoms with Crippen molar-refractivity contribution in [3.05, 3.63) is 0 Å². The van der Waals surface area contributed by atoms with E-state index in [1.165, 1.54) is 7.11 Å². The molecule has 0 aromatic rings. The van der Waals surface area contributed by atoms with Crippen molar-refractivity contribution in [3.8, 4) is 0 Å². The van der Waals surface area contributed by atoms with Crippen LogP contribution in [0.4, 0.5) is 0 Å². The quantitative estimate of drug-likeness (QED) is 0.268. The van der Waals surface area contributed by atoms with Gasteiger partial charge >= 0.3 is 0 Å². The molecule has 0 amide bonds. The molecule has 2 aliphatic rings. The second-order valence-electron chi connectivity index (χ2n) is 5.87. The van der Waals surface area contributed by atoms with E-state index in [2.05, 4.69) is 5.32 Å². The van der Waals surface area contributed by atoms with E-state index >= 15 is 0 Å². The lowest BCUT2D eigenvalue weighted by Gasteiger charge is -2.46. The van der Waals surface area contributed by atoms with Crippen LogP contribution < -0.4 is 5.32 Å². The summed E-state index contributed by atoms with van der Waals surface area (Å²) in [6, 6.07) is -0.835. The van der Waals surface area contributed by atoms with Crippen LogP contribution in [0.2, 0.25) is 0 Å². The van der Waals surface area contributed by atoms with Crippen LogP contribution in [0.25, 0.3) is 0 Å². The fraction of sp³-hybridized carbons (Fsp3) is 1.00. The summed E-state index contributed by atoms with van der Waals surface area (Å²) in [4.78, 5) is 0. The van der Waals surface area contributed by atoms with E-state index in [0.29, 0.717) is 0 Å². The Morgan fingerprint density at radius 2 is 1.57 bits per heavy atom. The third-order valence-corrected chi connectivity index (χ3v) is 4.33. The van der Waals surface area contributed by atoms with E-state index in [4.69, 9.17) is 19.3 Å². The molecule has 136 valence electrons. The van der Waals surface area contributed by atoms with Gasteiger partial charge in [0.05, 0.1) is 18.8 Å². The van der Waals surface area contributed by atoms with Crippen LogP contribution >= 0.6 is 0 Å². The molecule has 7 N–H and O–H groups in total. The maximum atomic E-state index is 10.2. The van der Waals surface area contributed by atoms with Gasteiger partial charge in [0.15, 0.2) is 6.29 Å². The van der Waals surface area contributed by atoms with Crippen molar-refractivity contribution in [1.29, 1.82) is 0 Å². The van der Waals surface area contributed by atoms with Crippen LogP contribution in [0.15, 0.2) is 0 Å². The number of methoxy groups -OCH3 is 1. The summed E-state index contributed by atoms with van der Waals surface area (Å²) in [5.74, 6) is 0. The maximum Gasteiger partial charge on any atom is 0.186 e. The highest BCUT2D eigenvalue weighted by Crippen LogP contribution is 2.25. The van der Waals surface area contributed by atoms with Crippen LogP contribution in [0.5, 0.6) is 0 Å². The first-order chi connectivity index (χ1) is 10.8. The topological polar surface area (TPSA) is 161 Å². The van der Waals surface area contributed by atoms with Gasteiger partial charge in [0.1, 0.15) is 42.9 Å². The first-order valence-corrected chi connectivity index (χ1v) is 7.42. The highest BCUT2D eigenvalue weighted by atomic mass is 16.7. The van der Waals surface area contributed by atoms with Crippen molar-refractivity contribution in [2.24, 2.45) is 0 Å². The van der Waals surface area contributed by atoms with Gasteiger partial charge in [-0.25, -0.2) is 0 Å². The Hall–Kier alpha value is -0.400. The Kier molecular flexibility index (Phi) is 6.30. The molecule has 10 nitrogen and oxygen atoms in total. The van der Waals surface area contributed by atoms with Gasteiger partial charge < -0.3 is 44.8 Å². The fourth-order valence-electron chi connectivity index (χ4n) is 2.89. The molecule has 2 rings (SSSR count). The minimum atomic E-state index is -1.54. The van der Waals surface area contributed by atoms with Crippen molar-refractivity contribution < 1.29 is 44.8 Å². The summed E-state index contributed by atoms with van der Waals surface area (Å²) in [7, 11) is 1.33. The number of aliphatic hydroxyl groups is 6. The van der Waals surface area contributed by atoms with Crippen LogP contribution in [0.1, 0.15) is 6.92 Å². The van der Waals surface area contributed by atoms with Gasteiger partial charge in [0.25, 0.3) is 0 Å². The largest absolute Gasteiger partial charge is 0.394 e. The molecule has 0 aliphatic carbocycles. The lowest BCUT2D eigenvalue weighted by Crippen LogP contribution is -2.69. The first-order valence-electron chi connectivity index (χ1n) is 7.42. The second kappa shape index (κ2) is 7.66. The van der Waals surface area contributed by atoms with Gasteiger partial charge in [-0.05, 0) is 6.92 Å². The van der Waals surface area contributed by atoms with E-state index in [1.54, 1.807) is 6.92 Å². The number of ether oxygens (including phenoxy) is 3. The molecule has 2 saturated heterocycles. The zero-order chi connectivity index (χ0) is 17.3. The summed E-state index contributed by atoms with van der Waals surface area (Å²) in [6.07, 6.45) is -11.0. The average Bonchev–Trinajstić information content (AvgIpc) is 2.54. The third-order valence-electron chi connectivity index (χ3n) is 4.33. The number of rotatable bonds is 4. The van der Waals surface area contributed by atoms with Gasteiger partial charge in [0.2, 0.25) is 0 Å². The van der Waals surface area contributed by atoms with Gasteiger partial charge in [-0.2, -0.15) is 0 Å². The standard InChI is InChI=1S/C13H25NO9/c1-4-6(8(17)11(20)13(21-2)22-4)14-12-10(19)9(18)7(16)5(3-15)23-12/h4-20H,3H2,1-2H3/t4-,5-,6-,7-,8+,9+,10-,11-,12+,13+/m1/s1. The predicted molar refractivity (Wildman–Crippen MR) is 74.0 cm³/mol. The van der Waals surface area contributed by atoms with Crippen molar-refractivity contribution in [2.75, 3.05) is 13.7 Å². The molecular weight excluding hydrogens is 314 g/mol. The lowest BCUT2D eigenvalue weighted by molar-refractivity contribution is -0.278. The molecule has 10 heteroatoms. The summed E-state index contributed by atoms with van der Waals surface area (Å²) < 4.78 is 15.7. The zero-order valence-electron chi connectivity index (χ0n) is 12.9. The van der Waals surface area contributed by atoms with E-state index in [9.17, 15) is 25.5 Å². The van der Waals surface area contributed by atoms with Crippen molar-refractivity contribution in [2.45, 2.75) is 68.2 Å². The van der Waals surface area contributed by atoms with Crippen LogP contribution in [0.3, 0.4) is 0 Å². The van der Waals surface area contributed by atoms with Crippen molar-refractivity contribution >= 4 is 0 Å². The number of hydrogen-bond donors (Lipinski definition) is 7. The Bertz CT molecular complexity index is 384. The minimum absolute atomic E-state index is 0.559. The normalized spacial score (nSPS) is 51.7. The molecule has 0 saturated carbocycles. The van der Waals surface area contributed by atoms with E-state index in [-0.39, 0.29) is 0 Å². The summed E-state index contributed by atoms with van der Waals surface area (Å²) in [5, 5.41) is 61.6. The Labute approximate surface area is 133 Å². The smallest absolute Gasteiger partial charge is 0.186 e. The van der Waals surface area contributed by atoms with Gasteiger partial charge in [-0.15, -0.1) is 0 Å². The van der Waals surface area contributed by atoms with E-state index < -0.39 is 67.9 Å². The average molecular weight is 339 g/mol. The third kappa shape index (κ3) is 3.66. The molecule has 2 heterocycles. The molecule has 10 atom stereocenters. The van der Waals surface area contributed by atoms with E-state index in [1.807, 2.05) is 0 Å². The number of hydrogen-bond acceptors (Lipinski definition) is 10. The van der Waals surface area contributed by atoms with E-state index in [0.717, 1.165) is 0 Å². The van der Waals surface area contributed by atoms with Crippen molar-refractivity contribution in [3.63, 3.8) is 0 Å². The highest BCUT2D eigenvalue weighted by molar-refractivity contribution is 4.97. The molecule has 0 aromatic heterocycles. The Morgan fingerprint density at radius 1 is 0.913 bits per heavy atom. The molecule has 0 spiro atoms. The number of aliphatic hydroxyl groups excluding tert-OH is 6. The second-order valence-corrected chi connectivity index (χ2v) is 5.87.